The first-order chi connectivity index (χ1) is 17.9. The van der Waals surface area contributed by atoms with Crippen LogP contribution >= 0.6 is 11.3 Å². The molecule has 0 radical (unpaired) electrons. The summed E-state index contributed by atoms with van der Waals surface area (Å²) in [5, 5.41) is 14.1. The minimum atomic E-state index is 0.535. The Bertz CT molecular complexity index is 1600. The van der Waals surface area contributed by atoms with Crippen LogP contribution in [0.1, 0.15) is 36.4 Å². The molecule has 0 saturated heterocycles. The predicted octanol–water partition coefficient (Wildman–Crippen LogP) is 7.97. The van der Waals surface area contributed by atoms with E-state index in [2.05, 4.69) is 106 Å². The Balaban J connectivity index is 1.50. The molecule has 0 aliphatic rings. The molecule has 5 aromatic heterocycles. The molecule has 5 heterocycles. The number of fused-ring (bicyclic) bond motifs is 1. The third kappa shape index (κ3) is 5.17. The minimum Gasteiger partial charge on any atom is -0.358 e. The lowest BCUT2D eigenvalue weighted by Gasteiger charge is -2.12. The van der Waals surface area contributed by atoms with E-state index in [4.69, 9.17) is 0 Å². The summed E-state index contributed by atoms with van der Waals surface area (Å²) < 4.78 is 0. The number of allylic oxidation sites excluding steroid dienone is 3. The zero-order chi connectivity index (χ0) is 25.9. The molecule has 5 aromatic rings. The Labute approximate surface area is 220 Å². The molecule has 0 aromatic carbocycles. The molecule has 0 saturated carbocycles. The van der Waals surface area contributed by atoms with Gasteiger partial charge in [0.15, 0.2) is 5.65 Å². The maximum Gasteiger partial charge on any atom is 0.181 e. The number of aryl methyl sites for hydroxylation is 1. The van der Waals surface area contributed by atoms with Crippen LogP contribution in [0.4, 0.5) is 5.69 Å². The second kappa shape index (κ2) is 10.4. The summed E-state index contributed by atoms with van der Waals surface area (Å²) >= 11 is 1.71. The molecular weight excluding hydrogens is 476 g/mol. The molecule has 186 valence electrons. The van der Waals surface area contributed by atoms with Crippen molar-refractivity contribution in [1.29, 1.82) is 0 Å². The molecule has 0 spiro atoms. The highest BCUT2D eigenvalue weighted by Crippen LogP contribution is 2.35. The van der Waals surface area contributed by atoms with Crippen molar-refractivity contribution in [1.82, 2.24) is 25.1 Å². The van der Waals surface area contributed by atoms with E-state index in [0.717, 1.165) is 62.5 Å². The fourth-order valence-electron chi connectivity index (χ4n) is 4.50. The molecule has 0 amide bonds. The van der Waals surface area contributed by atoms with Crippen molar-refractivity contribution < 1.29 is 0 Å². The molecule has 0 unspecified atom stereocenters. The van der Waals surface area contributed by atoms with E-state index >= 15 is 0 Å². The number of thiophene rings is 1. The first kappa shape index (κ1) is 24.5. The van der Waals surface area contributed by atoms with Gasteiger partial charge in [-0.15, -0.1) is 11.3 Å². The van der Waals surface area contributed by atoms with Crippen molar-refractivity contribution in [2.45, 2.75) is 27.2 Å². The Morgan fingerprint density at radius 2 is 2.00 bits per heavy atom. The summed E-state index contributed by atoms with van der Waals surface area (Å²) in [4.78, 5) is 13.8. The maximum absolute atomic E-state index is 4.62. The van der Waals surface area contributed by atoms with Crippen LogP contribution in [-0.4, -0.2) is 25.1 Å². The number of nitrogens with zero attached hydrogens (tertiary/aromatic N) is 3. The third-order valence-electron chi connectivity index (χ3n) is 6.10. The fourth-order valence-corrected chi connectivity index (χ4v) is 5.27. The highest BCUT2D eigenvalue weighted by Gasteiger charge is 2.17. The van der Waals surface area contributed by atoms with E-state index in [1.807, 2.05) is 24.7 Å². The van der Waals surface area contributed by atoms with Gasteiger partial charge in [0.2, 0.25) is 0 Å². The number of anilines is 1. The molecule has 0 fully saturated rings. The molecular formula is C30H30N6S. The molecule has 6 nitrogen and oxygen atoms in total. The minimum absolute atomic E-state index is 0.535. The van der Waals surface area contributed by atoms with Crippen LogP contribution in [0.2, 0.25) is 0 Å². The number of pyridine rings is 2. The van der Waals surface area contributed by atoms with Gasteiger partial charge >= 0.3 is 0 Å². The predicted molar refractivity (Wildman–Crippen MR) is 155 cm³/mol. The lowest BCUT2D eigenvalue weighted by molar-refractivity contribution is 0.645. The Morgan fingerprint density at radius 3 is 2.76 bits per heavy atom. The first-order valence-corrected chi connectivity index (χ1v) is 13.1. The Hall–Kier alpha value is -4.23. The number of aromatic nitrogens is 5. The number of H-pyrrole nitrogens is 2. The van der Waals surface area contributed by atoms with Crippen molar-refractivity contribution in [3.05, 3.63) is 101 Å². The Morgan fingerprint density at radius 1 is 1.16 bits per heavy atom. The van der Waals surface area contributed by atoms with Gasteiger partial charge in [0, 0.05) is 56.3 Å². The van der Waals surface area contributed by atoms with Gasteiger partial charge in [0.1, 0.15) is 0 Å². The summed E-state index contributed by atoms with van der Waals surface area (Å²) in [6.07, 6.45) is 10.3. The van der Waals surface area contributed by atoms with E-state index in [1.54, 1.807) is 11.3 Å². The third-order valence-corrected chi connectivity index (χ3v) is 7.01. The average molecular weight is 507 g/mol. The zero-order valence-corrected chi connectivity index (χ0v) is 22.1. The van der Waals surface area contributed by atoms with Crippen LogP contribution in [0, 0.1) is 12.8 Å². The molecule has 3 N–H and O–H groups in total. The maximum atomic E-state index is 4.62. The lowest BCUT2D eigenvalue weighted by atomic mass is 10.0. The molecule has 0 bridgehead atoms. The molecule has 7 heteroatoms. The largest absolute Gasteiger partial charge is 0.358 e. The number of hydrogen-bond acceptors (Lipinski definition) is 5. The Kier molecular flexibility index (Phi) is 6.88. The van der Waals surface area contributed by atoms with E-state index in [1.165, 1.54) is 4.88 Å². The SMILES string of the molecule is C=C/C=C(/c1cccs1)c1cc(-c2[nH]nc3ncc(-c4cncc(NC(=C)CC(C)C)c4)cc23)[nH]c1C. The van der Waals surface area contributed by atoms with Gasteiger partial charge in [-0.05, 0) is 48.9 Å². The zero-order valence-electron chi connectivity index (χ0n) is 21.3. The monoisotopic (exact) mass is 506 g/mol. The van der Waals surface area contributed by atoms with Gasteiger partial charge in [-0.2, -0.15) is 5.10 Å². The normalized spacial score (nSPS) is 11.8. The van der Waals surface area contributed by atoms with E-state index < -0.39 is 0 Å². The van der Waals surface area contributed by atoms with Gasteiger partial charge in [0.05, 0.1) is 23.3 Å². The summed E-state index contributed by atoms with van der Waals surface area (Å²) in [5.74, 6) is 0.535. The van der Waals surface area contributed by atoms with Crippen molar-refractivity contribution in [2.75, 3.05) is 5.32 Å². The average Bonchev–Trinajstić information content (AvgIpc) is 3.62. The summed E-state index contributed by atoms with van der Waals surface area (Å²) in [6, 6.07) is 10.5. The van der Waals surface area contributed by atoms with Crippen molar-refractivity contribution >= 4 is 33.6 Å². The van der Waals surface area contributed by atoms with Gasteiger partial charge in [-0.3, -0.25) is 10.1 Å². The molecule has 0 aliphatic heterocycles. The standard InChI is InChI=1S/C30H30N6S/c1-6-8-24(28-9-7-10-37-28)25-14-27(34-20(25)5)29-26-13-22(16-32-30(26)36-35-29)21-12-23(17-31-15-21)33-19(4)11-18(2)3/h6-10,12-18,33-34H,1,4,11H2,2-3,5H3,(H,32,35,36)/b24-8+. The number of rotatable bonds is 9. The van der Waals surface area contributed by atoms with Crippen molar-refractivity contribution in [2.24, 2.45) is 5.92 Å². The van der Waals surface area contributed by atoms with Crippen LogP contribution in [0.15, 0.2) is 85.3 Å². The smallest absolute Gasteiger partial charge is 0.181 e. The van der Waals surface area contributed by atoms with Crippen LogP contribution in [0.3, 0.4) is 0 Å². The lowest BCUT2D eigenvalue weighted by Crippen LogP contribution is -2.02. The second-order valence-corrected chi connectivity index (χ2v) is 10.4. The molecule has 0 atom stereocenters. The highest BCUT2D eigenvalue weighted by atomic mass is 32.1. The van der Waals surface area contributed by atoms with Crippen molar-refractivity contribution in [3.8, 4) is 22.5 Å². The quantitative estimate of drug-likeness (QED) is 0.177. The highest BCUT2D eigenvalue weighted by molar-refractivity contribution is 7.11. The van der Waals surface area contributed by atoms with E-state index in [-0.39, 0.29) is 0 Å². The van der Waals surface area contributed by atoms with E-state index in [9.17, 15) is 0 Å². The first-order valence-electron chi connectivity index (χ1n) is 12.2. The van der Waals surface area contributed by atoms with E-state index in [0.29, 0.717) is 11.6 Å². The van der Waals surface area contributed by atoms with Crippen LogP contribution in [0.5, 0.6) is 0 Å². The number of nitrogens with one attached hydrogen (secondary N) is 3. The molecule has 0 aliphatic carbocycles. The topological polar surface area (TPSA) is 82.3 Å². The summed E-state index contributed by atoms with van der Waals surface area (Å²) in [5.41, 5.74) is 9.70. The fraction of sp³-hybridized carbons (Fsp3) is 0.167. The van der Waals surface area contributed by atoms with Gasteiger partial charge in [0.25, 0.3) is 0 Å². The van der Waals surface area contributed by atoms with Gasteiger partial charge < -0.3 is 10.3 Å². The number of aromatic amines is 2. The van der Waals surface area contributed by atoms with Crippen LogP contribution in [0.25, 0.3) is 39.1 Å². The molecule has 5 rings (SSSR count). The van der Waals surface area contributed by atoms with Crippen molar-refractivity contribution in [3.63, 3.8) is 0 Å². The summed E-state index contributed by atoms with van der Waals surface area (Å²) in [7, 11) is 0. The number of hydrogen-bond donors (Lipinski definition) is 3. The van der Waals surface area contributed by atoms with Gasteiger partial charge in [-0.25, -0.2) is 4.98 Å². The second-order valence-electron chi connectivity index (χ2n) is 9.50. The van der Waals surface area contributed by atoms with Crippen LogP contribution < -0.4 is 5.32 Å². The van der Waals surface area contributed by atoms with Crippen LogP contribution in [-0.2, 0) is 0 Å². The summed E-state index contributed by atoms with van der Waals surface area (Å²) in [6.45, 7) is 14.5. The molecule has 37 heavy (non-hydrogen) atoms. The van der Waals surface area contributed by atoms with Gasteiger partial charge in [-0.1, -0.05) is 45.2 Å².